The zero-order chi connectivity index (χ0) is 14.7. The van der Waals surface area contributed by atoms with E-state index in [0.29, 0.717) is 12.5 Å². The molecule has 1 atom stereocenters. The lowest BCUT2D eigenvalue weighted by atomic mass is 9.77. The summed E-state index contributed by atoms with van der Waals surface area (Å²) in [6.07, 6.45) is 3.20. The van der Waals surface area contributed by atoms with Gasteiger partial charge in [-0.1, -0.05) is 55.0 Å². The van der Waals surface area contributed by atoms with E-state index < -0.39 is 6.10 Å². The highest BCUT2D eigenvalue weighted by molar-refractivity contribution is 5.41. The fraction of sp³-hybridized carbons (Fsp3) is 0.368. The molecule has 21 heavy (non-hydrogen) atoms. The molecule has 1 unspecified atom stereocenters. The topological polar surface area (TPSA) is 29.5 Å². The third-order valence-electron chi connectivity index (χ3n) is 4.49. The molecule has 0 aliphatic heterocycles. The van der Waals surface area contributed by atoms with Crippen molar-refractivity contribution in [2.75, 3.05) is 7.11 Å². The van der Waals surface area contributed by atoms with Crippen LogP contribution < -0.4 is 0 Å². The minimum absolute atomic E-state index is 0.527. The molecular weight excluding hydrogens is 260 g/mol. The van der Waals surface area contributed by atoms with Crippen molar-refractivity contribution in [3.63, 3.8) is 0 Å². The number of methoxy groups -OCH3 is 1. The van der Waals surface area contributed by atoms with E-state index in [0.717, 1.165) is 16.7 Å². The van der Waals surface area contributed by atoms with Crippen molar-refractivity contribution in [2.24, 2.45) is 0 Å². The molecule has 0 radical (unpaired) electrons. The molecule has 2 aromatic rings. The van der Waals surface area contributed by atoms with Crippen molar-refractivity contribution in [1.29, 1.82) is 0 Å². The van der Waals surface area contributed by atoms with E-state index in [1.54, 1.807) is 7.11 Å². The molecular formula is C19H22O2. The van der Waals surface area contributed by atoms with Crippen molar-refractivity contribution >= 4 is 0 Å². The fourth-order valence-corrected chi connectivity index (χ4v) is 3.11. The largest absolute Gasteiger partial charge is 0.384 e. The maximum Gasteiger partial charge on any atom is 0.105 e. The van der Waals surface area contributed by atoms with Crippen LogP contribution in [-0.4, -0.2) is 12.2 Å². The van der Waals surface area contributed by atoms with Gasteiger partial charge in [-0.25, -0.2) is 0 Å². The summed E-state index contributed by atoms with van der Waals surface area (Å²) in [4.78, 5) is 0. The van der Waals surface area contributed by atoms with E-state index in [4.69, 9.17) is 4.74 Å². The Morgan fingerprint density at radius 3 is 2.38 bits per heavy atom. The van der Waals surface area contributed by atoms with Crippen LogP contribution in [0, 0.1) is 0 Å². The summed E-state index contributed by atoms with van der Waals surface area (Å²) in [7, 11) is 1.69. The van der Waals surface area contributed by atoms with Crippen LogP contribution in [0.5, 0.6) is 0 Å². The molecule has 1 N–H and O–H groups in total. The minimum atomic E-state index is -0.576. The van der Waals surface area contributed by atoms with Gasteiger partial charge in [0.15, 0.2) is 0 Å². The Morgan fingerprint density at radius 2 is 1.71 bits per heavy atom. The Hall–Kier alpha value is -1.64. The summed E-state index contributed by atoms with van der Waals surface area (Å²) < 4.78 is 5.25. The van der Waals surface area contributed by atoms with Crippen LogP contribution >= 0.6 is 0 Å². The molecule has 0 heterocycles. The maximum atomic E-state index is 10.9. The van der Waals surface area contributed by atoms with Crippen LogP contribution in [0.25, 0.3) is 0 Å². The summed E-state index contributed by atoms with van der Waals surface area (Å²) >= 11 is 0. The Kier molecular flexibility index (Phi) is 4.37. The highest BCUT2D eigenvalue weighted by atomic mass is 16.5. The quantitative estimate of drug-likeness (QED) is 0.891. The molecule has 2 aromatic carbocycles. The SMILES string of the molecule is COCc1ccccc1C(O)c1ccccc1C1CCC1. The molecule has 2 heteroatoms. The van der Waals surface area contributed by atoms with Gasteiger partial charge in [-0.15, -0.1) is 0 Å². The van der Waals surface area contributed by atoms with Crippen LogP contribution in [0.2, 0.25) is 0 Å². The standard InChI is InChI=1S/C19H22O2/c1-21-13-15-7-2-3-11-17(15)19(20)18-12-5-4-10-16(18)14-8-6-9-14/h2-5,7,10-12,14,19-20H,6,8-9,13H2,1H3. The Labute approximate surface area is 126 Å². The summed E-state index contributed by atoms with van der Waals surface area (Å²) in [5.41, 5.74) is 4.36. The van der Waals surface area contributed by atoms with Gasteiger partial charge < -0.3 is 9.84 Å². The van der Waals surface area contributed by atoms with E-state index in [1.807, 2.05) is 30.3 Å². The molecule has 3 rings (SSSR count). The van der Waals surface area contributed by atoms with Crippen molar-refractivity contribution in [3.05, 3.63) is 70.8 Å². The number of benzene rings is 2. The predicted molar refractivity (Wildman–Crippen MR) is 84.3 cm³/mol. The molecule has 2 nitrogen and oxygen atoms in total. The summed E-state index contributed by atoms with van der Waals surface area (Å²) in [5, 5.41) is 10.9. The molecule has 0 aromatic heterocycles. The van der Waals surface area contributed by atoms with E-state index in [-0.39, 0.29) is 0 Å². The highest BCUT2D eigenvalue weighted by Gasteiger charge is 2.25. The number of hydrogen-bond acceptors (Lipinski definition) is 2. The van der Waals surface area contributed by atoms with Crippen LogP contribution in [0.1, 0.15) is 53.5 Å². The normalized spacial score (nSPS) is 16.5. The molecule has 0 spiro atoms. The summed E-state index contributed by atoms with van der Waals surface area (Å²) in [6.45, 7) is 0.527. The Morgan fingerprint density at radius 1 is 1.05 bits per heavy atom. The first-order chi connectivity index (χ1) is 10.3. The van der Waals surface area contributed by atoms with Gasteiger partial charge in [0, 0.05) is 7.11 Å². The van der Waals surface area contributed by atoms with Gasteiger partial charge in [0.05, 0.1) is 6.61 Å². The molecule has 0 saturated heterocycles. The van der Waals surface area contributed by atoms with Crippen molar-refractivity contribution in [1.82, 2.24) is 0 Å². The number of rotatable bonds is 5. The van der Waals surface area contributed by atoms with E-state index in [1.165, 1.54) is 24.8 Å². The number of hydrogen-bond donors (Lipinski definition) is 1. The predicted octanol–water partition coefficient (Wildman–Crippen LogP) is 4.18. The third-order valence-corrected chi connectivity index (χ3v) is 4.49. The maximum absolute atomic E-state index is 10.9. The van der Waals surface area contributed by atoms with E-state index in [9.17, 15) is 5.11 Å². The second kappa shape index (κ2) is 6.42. The first-order valence-electron chi connectivity index (χ1n) is 7.65. The van der Waals surface area contributed by atoms with Crippen molar-refractivity contribution in [2.45, 2.75) is 37.9 Å². The van der Waals surface area contributed by atoms with Gasteiger partial charge in [-0.2, -0.15) is 0 Å². The lowest BCUT2D eigenvalue weighted by molar-refractivity contribution is 0.175. The number of aliphatic hydroxyl groups excluding tert-OH is 1. The molecule has 1 fully saturated rings. The second-order valence-corrected chi connectivity index (χ2v) is 5.79. The first-order valence-corrected chi connectivity index (χ1v) is 7.65. The highest BCUT2D eigenvalue weighted by Crippen LogP contribution is 2.40. The zero-order valence-electron chi connectivity index (χ0n) is 12.5. The van der Waals surface area contributed by atoms with Gasteiger partial charge >= 0.3 is 0 Å². The number of ether oxygens (including phenoxy) is 1. The molecule has 1 aliphatic carbocycles. The lowest BCUT2D eigenvalue weighted by Crippen LogP contribution is -2.14. The van der Waals surface area contributed by atoms with E-state index >= 15 is 0 Å². The minimum Gasteiger partial charge on any atom is -0.384 e. The van der Waals surface area contributed by atoms with Crippen LogP contribution in [0.15, 0.2) is 48.5 Å². The van der Waals surface area contributed by atoms with Crippen LogP contribution in [0.3, 0.4) is 0 Å². The van der Waals surface area contributed by atoms with Gasteiger partial charge in [-0.3, -0.25) is 0 Å². The Balaban J connectivity index is 1.97. The first kappa shape index (κ1) is 14.3. The summed E-state index contributed by atoms with van der Waals surface area (Å²) in [6, 6.07) is 16.3. The average Bonchev–Trinajstić information content (AvgIpc) is 2.46. The van der Waals surface area contributed by atoms with Gasteiger partial charge in [0.25, 0.3) is 0 Å². The zero-order valence-corrected chi connectivity index (χ0v) is 12.5. The van der Waals surface area contributed by atoms with Crippen LogP contribution in [-0.2, 0) is 11.3 Å². The third kappa shape index (κ3) is 2.87. The van der Waals surface area contributed by atoms with Crippen molar-refractivity contribution < 1.29 is 9.84 Å². The second-order valence-electron chi connectivity index (χ2n) is 5.79. The average molecular weight is 282 g/mol. The molecule has 1 aliphatic rings. The number of aliphatic hydroxyl groups is 1. The molecule has 110 valence electrons. The smallest absolute Gasteiger partial charge is 0.105 e. The van der Waals surface area contributed by atoms with Gasteiger partial charge in [0.1, 0.15) is 6.10 Å². The van der Waals surface area contributed by atoms with Crippen molar-refractivity contribution in [3.8, 4) is 0 Å². The van der Waals surface area contributed by atoms with Crippen LogP contribution in [0.4, 0.5) is 0 Å². The fourth-order valence-electron chi connectivity index (χ4n) is 3.11. The van der Waals surface area contributed by atoms with Gasteiger partial charge in [-0.05, 0) is 41.0 Å². The Bertz CT molecular complexity index is 602. The molecule has 0 amide bonds. The lowest BCUT2D eigenvalue weighted by Gasteiger charge is -2.29. The van der Waals surface area contributed by atoms with E-state index in [2.05, 4.69) is 18.2 Å². The molecule has 0 bridgehead atoms. The molecule has 1 saturated carbocycles. The monoisotopic (exact) mass is 282 g/mol. The summed E-state index contributed by atoms with van der Waals surface area (Å²) in [5.74, 6) is 0.616. The van der Waals surface area contributed by atoms with Gasteiger partial charge in [0.2, 0.25) is 0 Å².